The molecule has 0 aromatic heterocycles. The molecule has 1 amide bonds. The lowest BCUT2D eigenvalue weighted by Crippen LogP contribution is -2.43. The SMILES string of the molecule is CC/C=C\C/C=C\C/C=C\C/C=C\C/C=C\CCCCCC(=O)OCC(O)COP(=O)(O)OCC(NC(=O)CCCCCCCCCC/C=C\C/C=C\C/C=C\CCCCC)C(=O)O. The summed E-state index contributed by atoms with van der Waals surface area (Å²) in [5, 5.41) is 21.9. The molecule has 0 rings (SSSR count). The highest BCUT2D eigenvalue weighted by Gasteiger charge is 2.28. The van der Waals surface area contributed by atoms with Crippen molar-refractivity contribution in [3.05, 3.63) is 97.2 Å². The molecule has 0 heterocycles. The topological polar surface area (TPSA) is 169 Å². The van der Waals surface area contributed by atoms with E-state index in [2.05, 4.69) is 116 Å². The van der Waals surface area contributed by atoms with E-state index in [1.165, 1.54) is 44.9 Å². The van der Waals surface area contributed by atoms with Crippen molar-refractivity contribution in [3.63, 3.8) is 0 Å². The van der Waals surface area contributed by atoms with Crippen LogP contribution in [0.2, 0.25) is 0 Å². The van der Waals surface area contributed by atoms with Gasteiger partial charge in [-0.15, -0.1) is 0 Å². The summed E-state index contributed by atoms with van der Waals surface area (Å²) in [4.78, 5) is 46.1. The van der Waals surface area contributed by atoms with Gasteiger partial charge in [0.05, 0.1) is 13.2 Å². The molecule has 64 heavy (non-hydrogen) atoms. The third-order valence-electron chi connectivity index (χ3n) is 9.86. The molecule has 0 spiro atoms. The summed E-state index contributed by atoms with van der Waals surface area (Å²) in [5.41, 5.74) is 0. The van der Waals surface area contributed by atoms with E-state index < -0.39 is 57.6 Å². The van der Waals surface area contributed by atoms with Crippen molar-refractivity contribution in [2.75, 3.05) is 19.8 Å². The second kappa shape index (κ2) is 45.9. The number of hydrogen-bond donors (Lipinski definition) is 4. The number of unbranched alkanes of at least 4 members (excludes halogenated alkanes) is 14. The van der Waals surface area contributed by atoms with Gasteiger partial charge in [-0.1, -0.05) is 169 Å². The minimum absolute atomic E-state index is 0.129. The number of carboxylic acids is 1. The molecule has 0 saturated carbocycles. The number of rotatable bonds is 44. The first-order valence-electron chi connectivity index (χ1n) is 24.3. The number of amides is 1. The summed E-state index contributed by atoms with van der Waals surface area (Å²) < 4.78 is 26.9. The van der Waals surface area contributed by atoms with Crippen molar-refractivity contribution in [2.45, 2.75) is 193 Å². The number of hydrogen-bond acceptors (Lipinski definition) is 8. The maximum absolute atomic E-state index is 12.4. The van der Waals surface area contributed by atoms with Gasteiger partial charge in [-0.2, -0.15) is 0 Å². The van der Waals surface area contributed by atoms with Crippen molar-refractivity contribution in [3.8, 4) is 0 Å². The number of esters is 1. The molecule has 0 aromatic carbocycles. The van der Waals surface area contributed by atoms with Gasteiger partial charge in [0.1, 0.15) is 12.7 Å². The Balaban J connectivity index is 3.94. The van der Waals surface area contributed by atoms with Gasteiger partial charge in [0.2, 0.25) is 5.91 Å². The third kappa shape index (κ3) is 45.0. The zero-order chi connectivity index (χ0) is 47.0. The van der Waals surface area contributed by atoms with Crippen molar-refractivity contribution < 1.29 is 47.8 Å². The van der Waals surface area contributed by atoms with E-state index in [1.807, 2.05) is 0 Å². The molecule has 0 fully saturated rings. The van der Waals surface area contributed by atoms with E-state index in [1.54, 1.807) is 0 Å². The molecule has 364 valence electrons. The summed E-state index contributed by atoms with van der Waals surface area (Å²) >= 11 is 0. The third-order valence-corrected chi connectivity index (χ3v) is 10.8. The van der Waals surface area contributed by atoms with Gasteiger partial charge in [0, 0.05) is 12.8 Å². The van der Waals surface area contributed by atoms with E-state index in [-0.39, 0.29) is 12.8 Å². The van der Waals surface area contributed by atoms with Crippen molar-refractivity contribution in [1.82, 2.24) is 5.32 Å². The maximum atomic E-state index is 12.4. The Morgan fingerprint density at radius 2 is 0.906 bits per heavy atom. The average molecular weight is 916 g/mol. The first-order chi connectivity index (χ1) is 31.1. The Morgan fingerprint density at radius 1 is 0.516 bits per heavy atom. The minimum Gasteiger partial charge on any atom is -0.480 e. The number of carboxylic acid groups (broad SMARTS) is 1. The van der Waals surface area contributed by atoms with Crippen molar-refractivity contribution >= 4 is 25.7 Å². The number of ether oxygens (including phenoxy) is 1. The number of carbonyl (C=O) groups excluding carboxylic acids is 2. The Bertz CT molecular complexity index is 1450. The van der Waals surface area contributed by atoms with Crippen LogP contribution in [-0.2, 0) is 32.7 Å². The molecular weight excluding hydrogens is 830 g/mol. The Labute approximate surface area is 387 Å². The van der Waals surface area contributed by atoms with E-state index in [0.717, 1.165) is 96.3 Å². The fourth-order valence-electron chi connectivity index (χ4n) is 6.11. The van der Waals surface area contributed by atoms with Crippen LogP contribution in [0.1, 0.15) is 181 Å². The van der Waals surface area contributed by atoms with E-state index in [9.17, 15) is 34.1 Å². The molecule has 0 radical (unpaired) electrons. The van der Waals surface area contributed by atoms with Gasteiger partial charge < -0.3 is 25.2 Å². The molecule has 3 atom stereocenters. The fraction of sp³-hybridized carbons (Fsp3) is 0.635. The monoisotopic (exact) mass is 916 g/mol. The fourth-order valence-corrected chi connectivity index (χ4v) is 6.88. The number of phosphoric acid groups is 1. The van der Waals surface area contributed by atoms with Crippen LogP contribution in [0.5, 0.6) is 0 Å². The molecule has 12 heteroatoms. The van der Waals surface area contributed by atoms with Crippen molar-refractivity contribution in [2.24, 2.45) is 0 Å². The number of aliphatic hydroxyl groups is 1. The standard InChI is InChI=1S/C52H86NO10P/c1-3-5-7-9-11-13-15-17-19-21-23-24-26-27-29-31-33-35-37-39-41-43-50(55)53-49(52(57)58)47-63-64(59,60)62-46-48(54)45-61-51(56)44-42-40-38-36-34-32-30-28-25-22-20-18-16-14-12-10-8-6-4-2/h6,8,11-14,17-20,23-25,28,32,34,48-49,54H,3-5,7,9-10,15-16,21-22,26-27,29-31,33,35-47H2,1-2H3,(H,53,55)(H,57,58)(H,59,60)/b8-6-,13-11-,14-12-,19-17-,20-18-,24-23-,28-25-,34-32-. The van der Waals surface area contributed by atoms with Gasteiger partial charge in [-0.3, -0.25) is 18.6 Å². The summed E-state index contributed by atoms with van der Waals surface area (Å²) in [6, 6.07) is -1.56. The number of allylic oxidation sites excluding steroid dienone is 16. The normalized spacial score (nSPS) is 14.4. The maximum Gasteiger partial charge on any atom is 0.472 e. The highest BCUT2D eigenvalue weighted by Crippen LogP contribution is 2.43. The average Bonchev–Trinajstić information content (AvgIpc) is 3.27. The quantitative estimate of drug-likeness (QED) is 0.0200. The van der Waals surface area contributed by atoms with E-state index >= 15 is 0 Å². The highest BCUT2D eigenvalue weighted by molar-refractivity contribution is 7.47. The van der Waals surface area contributed by atoms with Gasteiger partial charge in [-0.25, -0.2) is 9.36 Å². The second-order valence-corrected chi connectivity index (χ2v) is 17.4. The largest absolute Gasteiger partial charge is 0.480 e. The van der Waals surface area contributed by atoms with Crippen LogP contribution in [-0.4, -0.2) is 64.9 Å². The van der Waals surface area contributed by atoms with E-state index in [4.69, 9.17) is 13.8 Å². The van der Waals surface area contributed by atoms with Gasteiger partial charge in [-0.05, 0) is 96.3 Å². The number of aliphatic hydroxyl groups excluding tert-OH is 1. The number of nitrogens with one attached hydrogen (secondary N) is 1. The minimum atomic E-state index is -4.78. The molecule has 4 N–H and O–H groups in total. The van der Waals surface area contributed by atoms with Gasteiger partial charge >= 0.3 is 19.8 Å². The number of carbonyl (C=O) groups is 3. The van der Waals surface area contributed by atoms with Crippen LogP contribution in [0.25, 0.3) is 0 Å². The lowest BCUT2D eigenvalue weighted by atomic mass is 10.1. The zero-order valence-corrected chi connectivity index (χ0v) is 40.4. The number of aliphatic carboxylic acids is 1. The zero-order valence-electron chi connectivity index (χ0n) is 39.5. The van der Waals surface area contributed by atoms with Crippen LogP contribution in [0.4, 0.5) is 0 Å². The molecule has 0 aliphatic heterocycles. The molecule has 3 unspecified atom stereocenters. The summed E-state index contributed by atoms with van der Waals surface area (Å²) in [5.74, 6) is -2.43. The molecular formula is C52H86NO10P. The molecule has 0 bridgehead atoms. The van der Waals surface area contributed by atoms with Crippen molar-refractivity contribution in [1.29, 1.82) is 0 Å². The van der Waals surface area contributed by atoms with Crippen LogP contribution in [0, 0.1) is 0 Å². The Kier molecular flexibility index (Phi) is 43.4. The second-order valence-electron chi connectivity index (χ2n) is 15.9. The first kappa shape index (κ1) is 60.4. The number of phosphoric ester groups is 1. The predicted molar refractivity (Wildman–Crippen MR) is 263 cm³/mol. The predicted octanol–water partition coefficient (Wildman–Crippen LogP) is 13.2. The lowest BCUT2D eigenvalue weighted by molar-refractivity contribution is -0.147. The molecule has 0 aromatic rings. The van der Waals surface area contributed by atoms with Crippen LogP contribution < -0.4 is 5.32 Å². The molecule has 0 aliphatic carbocycles. The summed E-state index contributed by atoms with van der Waals surface area (Å²) in [6.07, 6.45) is 58.5. The summed E-state index contributed by atoms with van der Waals surface area (Å²) in [7, 11) is -4.78. The molecule has 11 nitrogen and oxygen atoms in total. The highest BCUT2D eigenvalue weighted by atomic mass is 31.2. The van der Waals surface area contributed by atoms with Crippen LogP contribution in [0.15, 0.2) is 97.2 Å². The summed E-state index contributed by atoms with van der Waals surface area (Å²) in [6.45, 7) is 2.41. The van der Waals surface area contributed by atoms with Crippen LogP contribution in [0.3, 0.4) is 0 Å². The Morgan fingerprint density at radius 3 is 1.38 bits per heavy atom. The Hall–Kier alpha value is -3.60. The van der Waals surface area contributed by atoms with E-state index in [0.29, 0.717) is 12.8 Å². The molecule has 0 aliphatic rings. The van der Waals surface area contributed by atoms with Crippen LogP contribution >= 0.6 is 7.82 Å². The van der Waals surface area contributed by atoms with Gasteiger partial charge in [0.15, 0.2) is 6.04 Å². The molecule has 0 saturated heterocycles. The lowest BCUT2D eigenvalue weighted by Gasteiger charge is -2.18. The smallest absolute Gasteiger partial charge is 0.472 e. The first-order valence-corrected chi connectivity index (χ1v) is 25.8. The van der Waals surface area contributed by atoms with Gasteiger partial charge in [0.25, 0.3) is 0 Å².